The van der Waals surface area contributed by atoms with Gasteiger partial charge >= 0.3 is 0 Å². The number of rotatable bonds is 9. The van der Waals surface area contributed by atoms with Crippen LogP contribution in [0.3, 0.4) is 0 Å². The van der Waals surface area contributed by atoms with Crippen LogP contribution in [0, 0.1) is 0 Å². The number of benzene rings is 4. The van der Waals surface area contributed by atoms with Crippen molar-refractivity contribution in [1.29, 1.82) is 0 Å². The van der Waals surface area contributed by atoms with Gasteiger partial charge in [-0.15, -0.1) is 0 Å². The second kappa shape index (κ2) is 10.8. The highest BCUT2D eigenvalue weighted by molar-refractivity contribution is 5.75. The summed E-state index contributed by atoms with van der Waals surface area (Å²) < 4.78 is 12.1. The lowest BCUT2D eigenvalue weighted by Gasteiger charge is -2.22. The summed E-state index contributed by atoms with van der Waals surface area (Å²) in [5.74, 6) is 1.39. The predicted molar refractivity (Wildman–Crippen MR) is 135 cm³/mol. The number of hydrogen-bond donors (Lipinski definition) is 1. The van der Waals surface area contributed by atoms with E-state index in [9.17, 15) is 5.11 Å². The van der Waals surface area contributed by atoms with E-state index in [2.05, 4.69) is 19.1 Å². The van der Waals surface area contributed by atoms with Crippen LogP contribution in [0.25, 0.3) is 22.3 Å². The smallest absolute Gasteiger partial charge is 0.133 e. The first kappa shape index (κ1) is 22.6. The zero-order chi connectivity index (χ0) is 23.0. The highest BCUT2D eigenvalue weighted by Crippen LogP contribution is 2.43. The van der Waals surface area contributed by atoms with Gasteiger partial charge in [-0.05, 0) is 17.5 Å². The van der Waals surface area contributed by atoms with Crippen LogP contribution in [0.1, 0.15) is 37.0 Å². The molecule has 168 valence electrons. The summed E-state index contributed by atoms with van der Waals surface area (Å²) in [5.41, 5.74) is 5.47. The summed E-state index contributed by atoms with van der Waals surface area (Å²) in [6.45, 7) is 2.74. The van der Waals surface area contributed by atoms with Gasteiger partial charge < -0.3 is 14.6 Å². The fourth-order valence-electron chi connectivity index (χ4n) is 4.11. The second-order valence-corrected chi connectivity index (χ2v) is 7.99. The molecule has 0 bridgehead atoms. The van der Waals surface area contributed by atoms with Crippen molar-refractivity contribution in [2.24, 2.45) is 0 Å². The summed E-state index contributed by atoms with van der Waals surface area (Å²) in [6, 6.07) is 32.1. The van der Waals surface area contributed by atoms with Gasteiger partial charge in [0.15, 0.2) is 0 Å². The van der Waals surface area contributed by atoms with Gasteiger partial charge in [0.25, 0.3) is 0 Å². The van der Waals surface area contributed by atoms with Gasteiger partial charge in [0.1, 0.15) is 17.6 Å². The van der Waals surface area contributed by atoms with E-state index in [0.29, 0.717) is 17.9 Å². The summed E-state index contributed by atoms with van der Waals surface area (Å²) in [5, 5.41) is 11.6. The van der Waals surface area contributed by atoms with E-state index < -0.39 is 6.10 Å². The molecule has 4 aromatic carbocycles. The molecule has 0 aliphatic carbocycles. The van der Waals surface area contributed by atoms with E-state index in [0.717, 1.165) is 46.4 Å². The number of hydrogen-bond acceptors (Lipinski definition) is 3. The first-order chi connectivity index (χ1) is 16.2. The maximum atomic E-state index is 11.6. The van der Waals surface area contributed by atoms with Crippen LogP contribution in [-0.4, -0.2) is 18.8 Å². The van der Waals surface area contributed by atoms with Crippen molar-refractivity contribution in [3.63, 3.8) is 0 Å². The van der Waals surface area contributed by atoms with Crippen LogP contribution >= 0.6 is 0 Å². The van der Waals surface area contributed by atoms with E-state index in [-0.39, 0.29) is 0 Å². The van der Waals surface area contributed by atoms with Crippen LogP contribution in [0.5, 0.6) is 11.5 Å². The molecular weight excluding hydrogens is 408 g/mol. The third-order valence-corrected chi connectivity index (χ3v) is 5.80. The monoisotopic (exact) mass is 438 g/mol. The summed E-state index contributed by atoms with van der Waals surface area (Å²) >= 11 is 0. The third kappa shape index (κ3) is 4.94. The number of aliphatic hydroxyl groups excluding tert-OH is 1. The quantitative estimate of drug-likeness (QED) is 0.279. The lowest BCUT2D eigenvalue weighted by molar-refractivity contribution is 0.205. The molecule has 0 radical (unpaired) electrons. The van der Waals surface area contributed by atoms with Gasteiger partial charge in [-0.3, -0.25) is 0 Å². The Bertz CT molecular complexity index is 1170. The Morgan fingerprint density at radius 1 is 0.667 bits per heavy atom. The molecule has 0 aliphatic heterocycles. The first-order valence-corrected chi connectivity index (χ1v) is 11.5. The molecule has 0 aromatic heterocycles. The average molecular weight is 439 g/mol. The Morgan fingerprint density at radius 2 is 1.18 bits per heavy atom. The molecule has 0 spiro atoms. The Hall–Kier alpha value is -3.56. The molecule has 0 heterocycles. The van der Waals surface area contributed by atoms with Gasteiger partial charge in [0.2, 0.25) is 0 Å². The minimum atomic E-state index is -0.899. The van der Waals surface area contributed by atoms with Crippen molar-refractivity contribution in [3.8, 4) is 33.8 Å². The normalized spacial score (nSPS) is 11.7. The maximum Gasteiger partial charge on any atom is 0.133 e. The Balaban J connectivity index is 1.82. The van der Waals surface area contributed by atoms with Crippen LogP contribution in [0.2, 0.25) is 0 Å². The predicted octanol–water partition coefficient (Wildman–Crippen LogP) is 7.29. The van der Waals surface area contributed by atoms with Crippen LogP contribution in [-0.2, 0) is 0 Å². The molecule has 4 rings (SSSR count). The van der Waals surface area contributed by atoms with Crippen molar-refractivity contribution in [3.05, 3.63) is 108 Å². The second-order valence-electron chi connectivity index (χ2n) is 7.99. The minimum Gasteiger partial charge on any atom is -0.496 e. The molecule has 1 unspecified atom stereocenters. The molecule has 1 N–H and O–H groups in total. The van der Waals surface area contributed by atoms with Crippen LogP contribution in [0.15, 0.2) is 97.1 Å². The Labute approximate surface area is 196 Å². The fraction of sp³-hybridized carbons (Fsp3) is 0.200. The summed E-state index contributed by atoms with van der Waals surface area (Å²) in [7, 11) is 1.65. The molecule has 1 atom stereocenters. The van der Waals surface area contributed by atoms with Gasteiger partial charge in [-0.2, -0.15) is 0 Å². The Morgan fingerprint density at radius 3 is 1.70 bits per heavy atom. The molecule has 3 heteroatoms. The molecule has 0 aliphatic rings. The van der Waals surface area contributed by atoms with Gasteiger partial charge in [0, 0.05) is 22.3 Å². The van der Waals surface area contributed by atoms with Crippen LogP contribution < -0.4 is 9.47 Å². The standard InChI is InChI=1S/C30H30O3/c1-3-4-21-33-30-25(23-15-9-6-10-16-23)18-12-20-27(30)28(31)26-19-11-17-24(29(26)32-2)22-13-7-5-8-14-22/h5-20,28,31H,3-4,21H2,1-2H3. The van der Waals surface area contributed by atoms with E-state index in [4.69, 9.17) is 9.47 Å². The Kier molecular flexibility index (Phi) is 7.43. The molecular formula is C30H30O3. The zero-order valence-corrected chi connectivity index (χ0v) is 19.2. The van der Waals surface area contributed by atoms with E-state index in [1.807, 2.05) is 84.9 Å². The average Bonchev–Trinajstić information content (AvgIpc) is 2.89. The summed E-state index contributed by atoms with van der Waals surface area (Å²) in [4.78, 5) is 0. The van der Waals surface area contributed by atoms with Gasteiger partial charge in [-0.25, -0.2) is 0 Å². The highest BCUT2D eigenvalue weighted by Gasteiger charge is 2.23. The molecule has 0 amide bonds. The number of unbranched alkanes of at least 4 members (excludes halogenated alkanes) is 1. The minimum absolute atomic E-state index is 0.598. The summed E-state index contributed by atoms with van der Waals surface area (Å²) in [6.07, 6.45) is 1.09. The lowest BCUT2D eigenvalue weighted by atomic mass is 9.92. The third-order valence-electron chi connectivity index (χ3n) is 5.80. The largest absolute Gasteiger partial charge is 0.496 e. The highest BCUT2D eigenvalue weighted by atomic mass is 16.5. The molecule has 4 aromatic rings. The molecule has 0 saturated carbocycles. The number of aliphatic hydroxyl groups is 1. The first-order valence-electron chi connectivity index (χ1n) is 11.5. The van der Waals surface area contributed by atoms with Crippen molar-refractivity contribution in [2.45, 2.75) is 25.9 Å². The fourth-order valence-corrected chi connectivity index (χ4v) is 4.11. The van der Waals surface area contributed by atoms with Gasteiger partial charge in [-0.1, -0.05) is 110 Å². The number of para-hydroxylation sites is 2. The SMILES string of the molecule is CCCCOc1c(-c2ccccc2)cccc1C(O)c1cccc(-c2ccccc2)c1OC. The topological polar surface area (TPSA) is 38.7 Å². The van der Waals surface area contributed by atoms with E-state index in [1.165, 1.54) is 0 Å². The van der Waals surface area contributed by atoms with Crippen molar-refractivity contribution in [2.75, 3.05) is 13.7 Å². The van der Waals surface area contributed by atoms with Crippen LogP contribution in [0.4, 0.5) is 0 Å². The van der Waals surface area contributed by atoms with Crippen molar-refractivity contribution < 1.29 is 14.6 Å². The van der Waals surface area contributed by atoms with Gasteiger partial charge in [0.05, 0.1) is 13.7 Å². The number of ether oxygens (including phenoxy) is 2. The van der Waals surface area contributed by atoms with Crippen molar-refractivity contribution in [1.82, 2.24) is 0 Å². The lowest BCUT2D eigenvalue weighted by Crippen LogP contribution is -2.08. The van der Waals surface area contributed by atoms with E-state index >= 15 is 0 Å². The molecule has 0 fully saturated rings. The zero-order valence-electron chi connectivity index (χ0n) is 19.2. The number of methoxy groups -OCH3 is 1. The van der Waals surface area contributed by atoms with Crippen molar-refractivity contribution >= 4 is 0 Å². The molecule has 0 saturated heterocycles. The van der Waals surface area contributed by atoms with E-state index in [1.54, 1.807) is 7.11 Å². The molecule has 33 heavy (non-hydrogen) atoms. The molecule has 3 nitrogen and oxygen atoms in total. The maximum absolute atomic E-state index is 11.6.